The first-order valence-electron chi connectivity index (χ1n) is 7.30. The number of hydrogen-bond acceptors (Lipinski definition) is 9. The maximum atomic E-state index is 11.6. The SMILES string of the molecule is C=CC(=O)OC1OC[C@@H](OC(=O)C=C)C(OC(=O)C=C)[C@@H]1OC(=O)C=C. The van der Waals surface area contributed by atoms with Crippen molar-refractivity contribution in [1.29, 1.82) is 0 Å². The van der Waals surface area contributed by atoms with Gasteiger partial charge < -0.3 is 23.7 Å². The molecule has 0 bridgehead atoms. The second kappa shape index (κ2) is 9.94. The molecule has 0 aromatic rings. The van der Waals surface area contributed by atoms with Gasteiger partial charge in [0.15, 0.2) is 12.2 Å². The van der Waals surface area contributed by atoms with Crippen molar-refractivity contribution in [3.63, 3.8) is 0 Å². The number of ether oxygens (including phenoxy) is 5. The Balaban J connectivity index is 3.18. The van der Waals surface area contributed by atoms with Crippen LogP contribution in [0.5, 0.6) is 0 Å². The standard InChI is InChI=1S/C17H18O9/c1-5-11(18)23-10-9-22-17(26-14(21)8-4)16(25-13(20)7-3)15(10)24-12(19)6-2/h5-8,10,15-17H,1-4,9H2/t10-,15?,16+,17?/m1/s1. The number of carbonyl (C=O) groups excluding carboxylic acids is 4. The monoisotopic (exact) mass is 366 g/mol. The van der Waals surface area contributed by atoms with Gasteiger partial charge in [-0.2, -0.15) is 0 Å². The summed E-state index contributed by atoms with van der Waals surface area (Å²) in [5.74, 6) is -3.49. The lowest BCUT2D eigenvalue weighted by Gasteiger charge is -2.39. The van der Waals surface area contributed by atoms with Gasteiger partial charge in [-0.25, -0.2) is 19.2 Å². The van der Waals surface area contributed by atoms with E-state index in [0.29, 0.717) is 0 Å². The third kappa shape index (κ3) is 5.71. The second-order valence-electron chi connectivity index (χ2n) is 4.73. The fourth-order valence-corrected chi connectivity index (χ4v) is 1.94. The molecule has 1 fully saturated rings. The summed E-state index contributed by atoms with van der Waals surface area (Å²) in [7, 11) is 0. The molecule has 1 aliphatic rings. The van der Waals surface area contributed by atoms with E-state index < -0.39 is 48.5 Å². The molecule has 1 heterocycles. The van der Waals surface area contributed by atoms with Gasteiger partial charge in [-0.15, -0.1) is 0 Å². The van der Waals surface area contributed by atoms with Crippen molar-refractivity contribution >= 4 is 23.9 Å². The molecule has 0 aromatic heterocycles. The van der Waals surface area contributed by atoms with Crippen LogP contribution in [0.25, 0.3) is 0 Å². The Hall–Kier alpha value is -3.20. The molecule has 4 atom stereocenters. The molecule has 26 heavy (non-hydrogen) atoms. The molecule has 0 radical (unpaired) electrons. The Morgan fingerprint density at radius 1 is 0.692 bits per heavy atom. The molecule has 0 amide bonds. The van der Waals surface area contributed by atoms with E-state index in [4.69, 9.17) is 23.7 Å². The van der Waals surface area contributed by atoms with Gasteiger partial charge in [0.1, 0.15) is 0 Å². The summed E-state index contributed by atoms with van der Waals surface area (Å²) in [6.45, 7) is 12.7. The van der Waals surface area contributed by atoms with E-state index in [9.17, 15) is 19.2 Å². The summed E-state index contributed by atoms with van der Waals surface area (Å²) in [6.07, 6.45) is -1.92. The largest absolute Gasteiger partial charge is 0.453 e. The van der Waals surface area contributed by atoms with Crippen molar-refractivity contribution in [2.75, 3.05) is 6.61 Å². The number of esters is 4. The maximum Gasteiger partial charge on any atom is 0.332 e. The van der Waals surface area contributed by atoms with Gasteiger partial charge >= 0.3 is 23.9 Å². The summed E-state index contributed by atoms with van der Waals surface area (Å²) in [4.78, 5) is 46.2. The lowest BCUT2D eigenvalue weighted by atomic mass is 10.0. The first-order chi connectivity index (χ1) is 12.4. The van der Waals surface area contributed by atoms with E-state index in [1.807, 2.05) is 0 Å². The summed E-state index contributed by atoms with van der Waals surface area (Å²) >= 11 is 0. The van der Waals surface area contributed by atoms with Crippen LogP contribution in [0.3, 0.4) is 0 Å². The Morgan fingerprint density at radius 2 is 1.12 bits per heavy atom. The summed E-state index contributed by atoms with van der Waals surface area (Å²) in [6, 6.07) is 0. The minimum absolute atomic E-state index is 0.314. The Bertz CT molecular complexity index is 568. The molecule has 1 saturated heterocycles. The minimum atomic E-state index is -1.44. The van der Waals surface area contributed by atoms with Crippen LogP contribution in [0.1, 0.15) is 0 Å². The Morgan fingerprint density at radius 3 is 1.62 bits per heavy atom. The summed E-state index contributed by atoms with van der Waals surface area (Å²) < 4.78 is 25.5. The lowest BCUT2D eigenvalue weighted by molar-refractivity contribution is -0.271. The van der Waals surface area contributed by atoms with Crippen LogP contribution in [0, 0.1) is 0 Å². The molecule has 0 aromatic carbocycles. The average molecular weight is 366 g/mol. The number of rotatable bonds is 8. The van der Waals surface area contributed by atoms with Gasteiger partial charge in [0.2, 0.25) is 12.4 Å². The highest BCUT2D eigenvalue weighted by molar-refractivity contribution is 5.83. The van der Waals surface area contributed by atoms with E-state index in [2.05, 4.69) is 26.3 Å². The molecule has 0 spiro atoms. The van der Waals surface area contributed by atoms with Gasteiger partial charge in [-0.3, -0.25) is 0 Å². The third-order valence-corrected chi connectivity index (χ3v) is 3.05. The molecule has 9 heteroatoms. The zero-order valence-corrected chi connectivity index (χ0v) is 13.8. The van der Waals surface area contributed by atoms with Crippen molar-refractivity contribution < 1.29 is 42.9 Å². The molecule has 0 aliphatic carbocycles. The van der Waals surface area contributed by atoms with E-state index in [1.165, 1.54) is 0 Å². The number of carbonyl (C=O) groups is 4. The highest BCUT2D eigenvalue weighted by atomic mass is 16.7. The van der Waals surface area contributed by atoms with Crippen LogP contribution in [0.2, 0.25) is 0 Å². The smallest absolute Gasteiger partial charge is 0.332 e. The number of hydrogen-bond donors (Lipinski definition) is 0. The van der Waals surface area contributed by atoms with Crippen LogP contribution in [-0.2, 0) is 42.9 Å². The highest BCUT2D eigenvalue weighted by Crippen LogP contribution is 2.25. The van der Waals surface area contributed by atoms with Crippen molar-refractivity contribution in [3.8, 4) is 0 Å². The Labute approximate surface area is 149 Å². The molecule has 9 nitrogen and oxygen atoms in total. The Kier molecular flexibility index (Phi) is 7.97. The normalized spacial score (nSPS) is 24.3. The summed E-state index contributed by atoms with van der Waals surface area (Å²) in [5, 5.41) is 0. The predicted octanol–water partition coefficient (Wildman–Crippen LogP) is 0.365. The molecular formula is C17H18O9. The van der Waals surface area contributed by atoms with Gasteiger partial charge in [-0.1, -0.05) is 26.3 Å². The fraction of sp³-hybridized carbons (Fsp3) is 0.294. The van der Waals surface area contributed by atoms with E-state index >= 15 is 0 Å². The third-order valence-electron chi connectivity index (χ3n) is 3.05. The van der Waals surface area contributed by atoms with Gasteiger partial charge in [0.25, 0.3) is 0 Å². The van der Waals surface area contributed by atoms with E-state index in [0.717, 1.165) is 24.3 Å². The average Bonchev–Trinajstić information content (AvgIpc) is 2.65. The maximum absolute atomic E-state index is 11.6. The zero-order chi connectivity index (χ0) is 19.7. The second-order valence-corrected chi connectivity index (χ2v) is 4.73. The van der Waals surface area contributed by atoms with E-state index in [-0.39, 0.29) is 6.61 Å². The molecule has 2 unspecified atom stereocenters. The topological polar surface area (TPSA) is 114 Å². The van der Waals surface area contributed by atoms with Crippen LogP contribution < -0.4 is 0 Å². The molecule has 0 saturated carbocycles. The highest BCUT2D eigenvalue weighted by Gasteiger charge is 2.48. The zero-order valence-electron chi connectivity index (χ0n) is 13.8. The van der Waals surface area contributed by atoms with E-state index in [1.54, 1.807) is 0 Å². The van der Waals surface area contributed by atoms with Crippen LogP contribution in [0.15, 0.2) is 50.6 Å². The molecule has 1 aliphatic heterocycles. The van der Waals surface area contributed by atoms with Crippen molar-refractivity contribution in [3.05, 3.63) is 50.6 Å². The molecular weight excluding hydrogens is 348 g/mol. The first-order valence-corrected chi connectivity index (χ1v) is 7.30. The summed E-state index contributed by atoms with van der Waals surface area (Å²) in [5.41, 5.74) is 0. The molecule has 1 rings (SSSR count). The molecule has 0 N–H and O–H groups in total. The van der Waals surface area contributed by atoms with Crippen molar-refractivity contribution in [2.24, 2.45) is 0 Å². The van der Waals surface area contributed by atoms with Crippen LogP contribution in [-0.4, -0.2) is 55.1 Å². The molecule has 140 valence electrons. The predicted molar refractivity (Wildman–Crippen MR) is 86.3 cm³/mol. The van der Waals surface area contributed by atoms with Gasteiger partial charge in [0.05, 0.1) is 6.61 Å². The van der Waals surface area contributed by atoms with Gasteiger partial charge in [0, 0.05) is 24.3 Å². The fourth-order valence-electron chi connectivity index (χ4n) is 1.94. The van der Waals surface area contributed by atoms with Crippen molar-refractivity contribution in [1.82, 2.24) is 0 Å². The van der Waals surface area contributed by atoms with Crippen molar-refractivity contribution in [2.45, 2.75) is 24.6 Å². The first kappa shape index (κ1) is 20.8. The van der Waals surface area contributed by atoms with Crippen LogP contribution >= 0.6 is 0 Å². The minimum Gasteiger partial charge on any atom is -0.453 e. The van der Waals surface area contributed by atoms with Gasteiger partial charge in [-0.05, 0) is 0 Å². The quantitative estimate of drug-likeness (QED) is 0.341. The van der Waals surface area contributed by atoms with Crippen LogP contribution in [0.4, 0.5) is 0 Å². The lowest BCUT2D eigenvalue weighted by Crippen LogP contribution is -2.58.